The van der Waals surface area contributed by atoms with Gasteiger partial charge in [-0.25, -0.2) is 0 Å². The number of piperazine rings is 1. The summed E-state index contributed by atoms with van der Waals surface area (Å²) in [6.45, 7) is 10.5. The first kappa shape index (κ1) is 19.2. The van der Waals surface area contributed by atoms with Gasteiger partial charge in [0, 0.05) is 38.8 Å². The number of halogens is 1. The van der Waals surface area contributed by atoms with E-state index in [1.807, 2.05) is 12.1 Å². The molecular formula is C17H29ClN2O2. The van der Waals surface area contributed by atoms with Gasteiger partial charge in [0.2, 0.25) is 0 Å². The maximum Gasteiger partial charge on any atom is 0.120 e. The normalized spacial score (nSPS) is 17.6. The maximum atomic E-state index is 9.37. The molecule has 0 saturated carbocycles. The minimum Gasteiger partial charge on any atom is -0.488 e. The van der Waals surface area contributed by atoms with Gasteiger partial charge in [0.05, 0.1) is 0 Å². The van der Waals surface area contributed by atoms with Crippen molar-refractivity contribution in [2.75, 3.05) is 32.8 Å². The lowest BCUT2D eigenvalue weighted by Crippen LogP contribution is -2.45. The highest BCUT2D eigenvalue weighted by Gasteiger charge is 2.22. The van der Waals surface area contributed by atoms with E-state index in [9.17, 15) is 5.11 Å². The van der Waals surface area contributed by atoms with E-state index in [0.717, 1.165) is 38.3 Å². The lowest BCUT2D eigenvalue weighted by Gasteiger charge is -2.35. The van der Waals surface area contributed by atoms with Crippen molar-refractivity contribution in [2.24, 2.45) is 0 Å². The summed E-state index contributed by atoms with van der Waals surface area (Å²) in [5, 5.41) is 12.7. The molecule has 22 heavy (non-hydrogen) atoms. The Balaban J connectivity index is 0.00000242. The van der Waals surface area contributed by atoms with E-state index in [1.54, 1.807) is 0 Å². The molecule has 1 aliphatic rings. The summed E-state index contributed by atoms with van der Waals surface area (Å²) in [5.74, 6) is 0.898. The van der Waals surface area contributed by atoms with Crippen molar-refractivity contribution in [1.29, 1.82) is 0 Å². The fourth-order valence-electron chi connectivity index (χ4n) is 2.79. The number of aliphatic hydroxyl groups is 1. The molecule has 1 atom stereocenters. The molecule has 2 N–H and O–H groups in total. The first-order chi connectivity index (χ1) is 9.99. The first-order valence-electron chi connectivity index (χ1n) is 7.84. The van der Waals surface area contributed by atoms with Crippen molar-refractivity contribution in [3.8, 4) is 5.75 Å². The third-order valence-electron chi connectivity index (χ3n) is 3.68. The fraction of sp³-hybridized carbons (Fsp3) is 0.647. The zero-order valence-corrected chi connectivity index (χ0v) is 14.7. The van der Waals surface area contributed by atoms with Gasteiger partial charge in [0.25, 0.3) is 0 Å². The van der Waals surface area contributed by atoms with E-state index in [-0.39, 0.29) is 24.6 Å². The van der Waals surface area contributed by atoms with E-state index in [0.29, 0.717) is 6.04 Å². The lowest BCUT2D eigenvalue weighted by molar-refractivity contribution is 0.130. The molecule has 0 aromatic heterocycles. The van der Waals surface area contributed by atoms with E-state index in [1.165, 1.54) is 5.56 Å². The molecule has 1 heterocycles. The molecule has 0 amide bonds. The molecule has 126 valence electrons. The van der Waals surface area contributed by atoms with Gasteiger partial charge in [0.15, 0.2) is 0 Å². The second-order valence-electron chi connectivity index (χ2n) is 6.60. The molecule has 1 saturated heterocycles. The zero-order chi connectivity index (χ0) is 15.3. The second kappa shape index (κ2) is 8.73. The van der Waals surface area contributed by atoms with Crippen LogP contribution in [0, 0.1) is 0 Å². The van der Waals surface area contributed by atoms with E-state index >= 15 is 0 Å². The molecule has 2 rings (SSSR count). The molecular weight excluding hydrogens is 300 g/mol. The van der Waals surface area contributed by atoms with Crippen LogP contribution in [0.2, 0.25) is 0 Å². The molecule has 4 nitrogen and oxygen atoms in total. The number of benzene rings is 1. The molecule has 0 bridgehead atoms. The molecule has 1 aliphatic heterocycles. The predicted octanol–water partition coefficient (Wildman–Crippen LogP) is 2.61. The Morgan fingerprint density at radius 1 is 1.18 bits per heavy atom. The third-order valence-corrected chi connectivity index (χ3v) is 3.68. The van der Waals surface area contributed by atoms with Crippen LogP contribution < -0.4 is 10.1 Å². The fourth-order valence-corrected chi connectivity index (χ4v) is 2.79. The van der Waals surface area contributed by atoms with E-state index < -0.39 is 0 Å². The summed E-state index contributed by atoms with van der Waals surface area (Å²) in [5.41, 5.74) is 1.08. The molecule has 5 heteroatoms. The Bertz CT molecular complexity index is 425. The lowest BCUT2D eigenvalue weighted by atomic mass is 10.0. The monoisotopic (exact) mass is 328 g/mol. The van der Waals surface area contributed by atoms with Gasteiger partial charge in [-0.3, -0.25) is 4.90 Å². The Labute approximate surface area is 140 Å². The second-order valence-corrected chi connectivity index (χ2v) is 6.60. The number of hydrogen-bond acceptors (Lipinski definition) is 4. The highest BCUT2D eigenvalue weighted by atomic mass is 35.5. The van der Waals surface area contributed by atoms with Gasteiger partial charge < -0.3 is 15.2 Å². The molecule has 0 unspecified atom stereocenters. The Morgan fingerprint density at radius 3 is 2.27 bits per heavy atom. The average molecular weight is 329 g/mol. The number of rotatable bonds is 5. The van der Waals surface area contributed by atoms with Gasteiger partial charge in [-0.1, -0.05) is 12.1 Å². The summed E-state index contributed by atoms with van der Waals surface area (Å²) in [6.07, 6.45) is 0.777. The standard InChI is InChI=1S/C17H28N2O2.ClH/c1-17(2,3)21-15-6-4-14(5-7-15)16(8-13-20)19-11-9-18-10-12-19;/h4-7,16,18,20H,8-13H2,1-3H3;1H/t16-;/m0./s1. The average Bonchev–Trinajstić information content (AvgIpc) is 2.45. The molecule has 1 aromatic rings. The van der Waals surface area contributed by atoms with Crippen molar-refractivity contribution in [3.05, 3.63) is 29.8 Å². The number of ether oxygens (including phenoxy) is 1. The van der Waals surface area contributed by atoms with Crippen LogP contribution in [0.4, 0.5) is 0 Å². The van der Waals surface area contributed by atoms with Crippen molar-refractivity contribution >= 4 is 12.4 Å². The molecule has 0 radical (unpaired) electrons. The van der Waals surface area contributed by atoms with Crippen molar-refractivity contribution in [1.82, 2.24) is 10.2 Å². The summed E-state index contributed by atoms with van der Waals surface area (Å²) in [6, 6.07) is 8.62. The van der Waals surface area contributed by atoms with E-state index in [4.69, 9.17) is 4.74 Å². The zero-order valence-electron chi connectivity index (χ0n) is 13.8. The van der Waals surface area contributed by atoms with Gasteiger partial charge >= 0.3 is 0 Å². The number of aliphatic hydroxyl groups excluding tert-OH is 1. The van der Waals surface area contributed by atoms with Crippen LogP contribution >= 0.6 is 12.4 Å². The molecule has 0 aliphatic carbocycles. The smallest absolute Gasteiger partial charge is 0.120 e. The highest BCUT2D eigenvalue weighted by molar-refractivity contribution is 5.85. The summed E-state index contributed by atoms with van der Waals surface area (Å²) in [7, 11) is 0. The Kier molecular flexibility index (Phi) is 7.63. The summed E-state index contributed by atoms with van der Waals surface area (Å²) in [4.78, 5) is 2.45. The topological polar surface area (TPSA) is 44.7 Å². The predicted molar refractivity (Wildman–Crippen MR) is 93.0 cm³/mol. The highest BCUT2D eigenvalue weighted by Crippen LogP contribution is 2.27. The number of hydrogen-bond donors (Lipinski definition) is 2. The SMILES string of the molecule is CC(C)(C)Oc1ccc([C@H](CCO)N2CCNCC2)cc1.Cl. The van der Waals surface area contributed by atoms with Crippen LogP contribution in [0.15, 0.2) is 24.3 Å². The molecule has 1 fully saturated rings. The molecule has 0 spiro atoms. The summed E-state index contributed by atoms with van der Waals surface area (Å²) >= 11 is 0. The van der Waals surface area contributed by atoms with Crippen LogP contribution in [0.25, 0.3) is 0 Å². The summed E-state index contributed by atoms with van der Waals surface area (Å²) < 4.78 is 5.87. The van der Waals surface area contributed by atoms with Crippen LogP contribution in [0.1, 0.15) is 38.8 Å². The minimum atomic E-state index is -0.176. The van der Waals surface area contributed by atoms with Crippen LogP contribution in [-0.2, 0) is 0 Å². The Hall–Kier alpha value is -0.810. The van der Waals surface area contributed by atoms with Crippen molar-refractivity contribution < 1.29 is 9.84 Å². The van der Waals surface area contributed by atoms with Crippen molar-refractivity contribution in [2.45, 2.75) is 38.8 Å². The quantitative estimate of drug-likeness (QED) is 0.872. The van der Waals surface area contributed by atoms with Crippen LogP contribution in [0.3, 0.4) is 0 Å². The van der Waals surface area contributed by atoms with Gasteiger partial charge in [-0.15, -0.1) is 12.4 Å². The number of nitrogens with one attached hydrogen (secondary N) is 1. The first-order valence-corrected chi connectivity index (χ1v) is 7.84. The molecule has 1 aromatic carbocycles. The van der Waals surface area contributed by atoms with Crippen molar-refractivity contribution in [3.63, 3.8) is 0 Å². The Morgan fingerprint density at radius 2 is 1.77 bits per heavy atom. The third kappa shape index (κ3) is 5.76. The van der Waals surface area contributed by atoms with Crippen LogP contribution in [0.5, 0.6) is 5.75 Å². The van der Waals surface area contributed by atoms with Gasteiger partial charge in [0.1, 0.15) is 11.4 Å². The van der Waals surface area contributed by atoms with Gasteiger partial charge in [-0.05, 0) is 44.9 Å². The number of nitrogens with zero attached hydrogens (tertiary/aromatic N) is 1. The largest absolute Gasteiger partial charge is 0.488 e. The van der Waals surface area contributed by atoms with E-state index in [2.05, 4.69) is 43.1 Å². The minimum absolute atomic E-state index is 0. The van der Waals surface area contributed by atoms with Crippen LogP contribution in [-0.4, -0.2) is 48.4 Å². The van der Waals surface area contributed by atoms with Gasteiger partial charge in [-0.2, -0.15) is 0 Å². The maximum absolute atomic E-state index is 9.37.